The van der Waals surface area contributed by atoms with E-state index < -0.39 is 0 Å². The molecule has 2 rings (SSSR count). The van der Waals surface area contributed by atoms with Gasteiger partial charge < -0.3 is 4.57 Å². The van der Waals surface area contributed by atoms with Crippen LogP contribution < -0.4 is 5.56 Å². The minimum Gasteiger partial charge on any atom is -0.312 e. The van der Waals surface area contributed by atoms with Gasteiger partial charge in [-0.15, -0.1) is 0 Å². The summed E-state index contributed by atoms with van der Waals surface area (Å²) in [5, 5.41) is 1.28. The summed E-state index contributed by atoms with van der Waals surface area (Å²) in [7, 11) is 0. The van der Waals surface area contributed by atoms with E-state index >= 15 is 0 Å². The molecule has 0 bridgehead atoms. The molecule has 0 aromatic carbocycles. The minimum absolute atomic E-state index is 0.0666. The molecule has 3 nitrogen and oxygen atoms in total. The topological polar surface area (TPSA) is 34.9 Å². The highest BCUT2D eigenvalue weighted by molar-refractivity contribution is 7.99. The molecule has 1 aromatic rings. The molecule has 0 atom stereocenters. The lowest BCUT2D eigenvalue weighted by Gasteiger charge is -2.08. The first-order valence-corrected chi connectivity index (χ1v) is 6.41. The first-order chi connectivity index (χ1) is 7.31. The van der Waals surface area contributed by atoms with Crippen molar-refractivity contribution in [2.24, 2.45) is 0 Å². The molecule has 1 aliphatic rings. The lowest BCUT2D eigenvalue weighted by molar-refractivity contribution is 0.691. The molecule has 0 radical (unpaired) electrons. The number of hydrogen-bond donors (Lipinski definition) is 0. The van der Waals surface area contributed by atoms with Crippen LogP contribution in [0.1, 0.15) is 32.6 Å². The molecule has 1 fully saturated rings. The van der Waals surface area contributed by atoms with Crippen molar-refractivity contribution in [3.8, 4) is 0 Å². The van der Waals surface area contributed by atoms with Crippen LogP contribution in [0.2, 0.25) is 0 Å². The second-order valence-corrected chi connectivity index (χ2v) is 5.14. The lowest BCUT2D eigenvalue weighted by Crippen LogP contribution is -2.21. The van der Waals surface area contributed by atoms with Crippen LogP contribution in [0.25, 0.3) is 0 Å². The SMILES string of the molecule is CCn1ccnc(SC2CCCC2)c1=O. The molecule has 1 aliphatic carbocycles. The highest BCUT2D eigenvalue weighted by Gasteiger charge is 2.18. The van der Waals surface area contributed by atoms with E-state index in [0.717, 1.165) is 6.54 Å². The molecule has 0 N–H and O–H groups in total. The third kappa shape index (κ3) is 2.43. The molecule has 1 heterocycles. The molecule has 1 saturated carbocycles. The highest BCUT2D eigenvalue weighted by Crippen LogP contribution is 2.32. The van der Waals surface area contributed by atoms with Crippen LogP contribution in [0.4, 0.5) is 0 Å². The Morgan fingerprint density at radius 3 is 2.93 bits per heavy atom. The third-order valence-electron chi connectivity index (χ3n) is 2.80. The van der Waals surface area contributed by atoms with Gasteiger partial charge in [0.05, 0.1) is 0 Å². The monoisotopic (exact) mass is 224 g/mol. The van der Waals surface area contributed by atoms with Crippen molar-refractivity contribution in [3.05, 3.63) is 22.7 Å². The highest BCUT2D eigenvalue weighted by atomic mass is 32.2. The van der Waals surface area contributed by atoms with Crippen molar-refractivity contribution in [3.63, 3.8) is 0 Å². The Morgan fingerprint density at radius 1 is 1.53 bits per heavy atom. The molecule has 0 saturated heterocycles. The van der Waals surface area contributed by atoms with E-state index in [0.29, 0.717) is 10.3 Å². The quantitative estimate of drug-likeness (QED) is 0.790. The van der Waals surface area contributed by atoms with Crippen LogP contribution in [0, 0.1) is 0 Å². The zero-order chi connectivity index (χ0) is 10.7. The van der Waals surface area contributed by atoms with Crippen LogP contribution in [0.3, 0.4) is 0 Å². The fraction of sp³-hybridized carbons (Fsp3) is 0.636. The van der Waals surface area contributed by atoms with E-state index in [1.54, 1.807) is 28.7 Å². The van der Waals surface area contributed by atoms with E-state index in [1.165, 1.54) is 25.7 Å². The second kappa shape index (κ2) is 4.84. The average molecular weight is 224 g/mol. The van der Waals surface area contributed by atoms with Crippen molar-refractivity contribution in [1.82, 2.24) is 9.55 Å². The van der Waals surface area contributed by atoms with Gasteiger partial charge >= 0.3 is 0 Å². The Morgan fingerprint density at radius 2 is 2.27 bits per heavy atom. The maximum absolute atomic E-state index is 11.9. The van der Waals surface area contributed by atoms with Crippen LogP contribution in [0.15, 0.2) is 22.2 Å². The summed E-state index contributed by atoms with van der Waals surface area (Å²) in [5.41, 5.74) is 0.0666. The van der Waals surface area contributed by atoms with Crippen molar-refractivity contribution < 1.29 is 0 Å². The van der Waals surface area contributed by atoms with Gasteiger partial charge in [0, 0.05) is 24.2 Å². The van der Waals surface area contributed by atoms with Gasteiger partial charge in [0.15, 0.2) is 5.03 Å². The number of aryl methyl sites for hydroxylation is 1. The van der Waals surface area contributed by atoms with Gasteiger partial charge in [-0.2, -0.15) is 0 Å². The maximum Gasteiger partial charge on any atom is 0.283 e. The van der Waals surface area contributed by atoms with Gasteiger partial charge in [0.2, 0.25) is 0 Å². The molecule has 0 unspecified atom stereocenters. The first-order valence-electron chi connectivity index (χ1n) is 5.53. The second-order valence-electron chi connectivity index (χ2n) is 3.85. The summed E-state index contributed by atoms with van der Waals surface area (Å²) in [6.45, 7) is 2.70. The number of nitrogens with zero attached hydrogens (tertiary/aromatic N) is 2. The predicted octanol–water partition coefficient (Wildman–Crippen LogP) is 2.30. The first kappa shape index (κ1) is 10.7. The molecular formula is C11H16N2OS. The largest absolute Gasteiger partial charge is 0.312 e. The molecule has 0 aliphatic heterocycles. The van der Waals surface area contributed by atoms with Gasteiger partial charge in [-0.1, -0.05) is 24.6 Å². The maximum atomic E-state index is 11.9. The normalized spacial score (nSPS) is 17.1. The Kier molecular flexibility index (Phi) is 3.46. The summed E-state index contributed by atoms with van der Waals surface area (Å²) in [4.78, 5) is 16.0. The van der Waals surface area contributed by atoms with Crippen molar-refractivity contribution >= 4 is 11.8 Å². The van der Waals surface area contributed by atoms with E-state index in [2.05, 4.69) is 4.98 Å². The van der Waals surface area contributed by atoms with Crippen molar-refractivity contribution in [2.75, 3.05) is 0 Å². The van der Waals surface area contributed by atoms with Crippen LogP contribution in [-0.2, 0) is 6.54 Å². The fourth-order valence-corrected chi connectivity index (χ4v) is 3.15. The molecule has 82 valence electrons. The lowest BCUT2D eigenvalue weighted by atomic mass is 10.4. The van der Waals surface area contributed by atoms with Crippen LogP contribution >= 0.6 is 11.8 Å². The Hall–Kier alpha value is -0.770. The number of thioether (sulfide) groups is 1. The molecule has 4 heteroatoms. The number of rotatable bonds is 3. The minimum atomic E-state index is 0.0666. The number of aromatic nitrogens is 2. The van der Waals surface area contributed by atoms with Gasteiger partial charge in [0.1, 0.15) is 0 Å². The van der Waals surface area contributed by atoms with Gasteiger partial charge in [0.25, 0.3) is 5.56 Å². The molecule has 0 spiro atoms. The van der Waals surface area contributed by atoms with Crippen molar-refractivity contribution in [1.29, 1.82) is 0 Å². The standard InChI is InChI=1S/C11H16N2OS/c1-2-13-8-7-12-10(11(13)14)15-9-5-3-4-6-9/h7-9H,2-6H2,1H3. The molecule has 0 amide bonds. The third-order valence-corrected chi connectivity index (χ3v) is 4.11. The van der Waals surface area contributed by atoms with E-state index in [1.807, 2.05) is 6.92 Å². The summed E-state index contributed by atoms with van der Waals surface area (Å²) >= 11 is 1.66. The summed E-state index contributed by atoms with van der Waals surface area (Å²) in [6, 6.07) is 0. The Balaban J connectivity index is 2.17. The van der Waals surface area contributed by atoms with Crippen molar-refractivity contribution in [2.45, 2.75) is 49.4 Å². The Bertz CT molecular complexity index is 382. The van der Waals surface area contributed by atoms with Crippen LogP contribution in [-0.4, -0.2) is 14.8 Å². The zero-order valence-corrected chi connectivity index (χ0v) is 9.80. The molecule has 15 heavy (non-hydrogen) atoms. The molecular weight excluding hydrogens is 208 g/mol. The average Bonchev–Trinajstić information content (AvgIpc) is 2.74. The molecule has 1 aromatic heterocycles. The Labute approximate surface area is 93.9 Å². The van der Waals surface area contributed by atoms with Gasteiger partial charge in [-0.05, 0) is 19.8 Å². The number of hydrogen-bond acceptors (Lipinski definition) is 3. The van der Waals surface area contributed by atoms with E-state index in [-0.39, 0.29) is 5.56 Å². The smallest absolute Gasteiger partial charge is 0.283 e. The summed E-state index contributed by atoms with van der Waals surface area (Å²) in [6.07, 6.45) is 8.53. The van der Waals surface area contributed by atoms with E-state index in [4.69, 9.17) is 0 Å². The zero-order valence-electron chi connectivity index (χ0n) is 8.98. The predicted molar refractivity (Wildman–Crippen MR) is 62.3 cm³/mol. The fourth-order valence-electron chi connectivity index (χ4n) is 1.92. The van der Waals surface area contributed by atoms with Crippen LogP contribution in [0.5, 0.6) is 0 Å². The van der Waals surface area contributed by atoms with Gasteiger partial charge in [-0.25, -0.2) is 4.98 Å². The van der Waals surface area contributed by atoms with Gasteiger partial charge in [-0.3, -0.25) is 4.79 Å². The summed E-state index contributed by atoms with van der Waals surface area (Å²) in [5.74, 6) is 0. The summed E-state index contributed by atoms with van der Waals surface area (Å²) < 4.78 is 1.71. The van der Waals surface area contributed by atoms with E-state index in [9.17, 15) is 4.79 Å².